The molecule has 3 aromatic rings. The Morgan fingerprint density at radius 1 is 0.844 bits per heavy atom. The van der Waals surface area contributed by atoms with Gasteiger partial charge in [-0.2, -0.15) is 0 Å². The highest BCUT2D eigenvalue weighted by molar-refractivity contribution is 6.04. The normalized spacial score (nSPS) is 10.2. The topological polar surface area (TPSA) is 88.7 Å². The van der Waals surface area contributed by atoms with Crippen LogP contribution in [0, 0.1) is 0 Å². The van der Waals surface area contributed by atoms with Crippen LogP contribution in [-0.2, 0) is 4.79 Å². The molecular weight excluding hydrogens is 406 g/mol. The third-order valence-electron chi connectivity index (χ3n) is 4.57. The minimum atomic E-state index is -0.219. The zero-order chi connectivity index (χ0) is 22.8. The summed E-state index contributed by atoms with van der Waals surface area (Å²) in [5, 5.41) is 8.75. The summed E-state index contributed by atoms with van der Waals surface area (Å²) in [6.45, 7) is 2.70. The van der Waals surface area contributed by atoms with Crippen molar-refractivity contribution in [2.24, 2.45) is 0 Å². The fraction of sp³-hybridized carbons (Fsp3) is 0.200. The van der Waals surface area contributed by atoms with Gasteiger partial charge in [0, 0.05) is 16.9 Å². The highest BCUT2D eigenvalue weighted by Crippen LogP contribution is 2.24. The van der Waals surface area contributed by atoms with Gasteiger partial charge in [0.25, 0.3) is 5.91 Å². The van der Waals surface area contributed by atoms with E-state index in [1.165, 1.54) is 0 Å². The average molecular weight is 434 g/mol. The van der Waals surface area contributed by atoms with Crippen molar-refractivity contribution in [3.8, 4) is 11.5 Å². The number of carbonyl (C=O) groups is 2. The SMILES string of the molecule is CCCOc1ccccc1NC(=O)CNc1ccc(C(=O)Nc2ccc(OC)cc2)cc1. The molecule has 32 heavy (non-hydrogen) atoms. The summed E-state index contributed by atoms with van der Waals surface area (Å²) in [4.78, 5) is 24.8. The minimum Gasteiger partial charge on any atom is -0.497 e. The van der Waals surface area contributed by atoms with E-state index in [0.29, 0.717) is 29.3 Å². The Bertz CT molecular complexity index is 1030. The first-order valence-corrected chi connectivity index (χ1v) is 10.4. The first kappa shape index (κ1) is 22.7. The van der Waals surface area contributed by atoms with E-state index in [0.717, 1.165) is 17.9 Å². The smallest absolute Gasteiger partial charge is 0.255 e. The maximum Gasteiger partial charge on any atom is 0.255 e. The fourth-order valence-electron chi connectivity index (χ4n) is 2.90. The monoisotopic (exact) mass is 433 g/mol. The van der Waals surface area contributed by atoms with Crippen molar-refractivity contribution >= 4 is 28.9 Å². The van der Waals surface area contributed by atoms with E-state index in [1.807, 2.05) is 25.1 Å². The molecule has 0 fully saturated rings. The Morgan fingerprint density at radius 3 is 2.22 bits per heavy atom. The van der Waals surface area contributed by atoms with Crippen molar-refractivity contribution in [2.75, 3.05) is 36.2 Å². The average Bonchev–Trinajstić information content (AvgIpc) is 2.83. The lowest BCUT2D eigenvalue weighted by molar-refractivity contribution is -0.114. The molecule has 166 valence electrons. The molecule has 0 saturated carbocycles. The second-order valence-corrected chi connectivity index (χ2v) is 7.01. The van der Waals surface area contributed by atoms with Gasteiger partial charge in [0.1, 0.15) is 11.5 Å². The number of ether oxygens (including phenoxy) is 2. The summed E-state index contributed by atoms with van der Waals surface area (Å²) in [7, 11) is 1.59. The Balaban J connectivity index is 1.51. The quantitative estimate of drug-likeness (QED) is 0.428. The van der Waals surface area contributed by atoms with Crippen LogP contribution in [0.5, 0.6) is 11.5 Å². The van der Waals surface area contributed by atoms with Gasteiger partial charge in [-0.05, 0) is 67.1 Å². The number of benzene rings is 3. The number of amides is 2. The molecule has 0 radical (unpaired) electrons. The predicted molar refractivity (Wildman–Crippen MR) is 127 cm³/mol. The third-order valence-corrected chi connectivity index (χ3v) is 4.57. The van der Waals surface area contributed by atoms with Gasteiger partial charge in [0.05, 0.1) is 25.9 Å². The van der Waals surface area contributed by atoms with Crippen LogP contribution in [0.1, 0.15) is 23.7 Å². The lowest BCUT2D eigenvalue weighted by atomic mass is 10.2. The van der Waals surface area contributed by atoms with Gasteiger partial charge in [-0.3, -0.25) is 9.59 Å². The van der Waals surface area contributed by atoms with Gasteiger partial charge in [-0.15, -0.1) is 0 Å². The number of carbonyl (C=O) groups excluding carboxylic acids is 2. The van der Waals surface area contributed by atoms with Crippen molar-refractivity contribution in [3.63, 3.8) is 0 Å². The summed E-state index contributed by atoms with van der Waals surface area (Å²) in [5.74, 6) is 0.955. The summed E-state index contributed by atoms with van der Waals surface area (Å²) >= 11 is 0. The molecule has 0 aliphatic heterocycles. The second-order valence-electron chi connectivity index (χ2n) is 7.01. The van der Waals surface area contributed by atoms with Crippen LogP contribution >= 0.6 is 0 Å². The fourth-order valence-corrected chi connectivity index (χ4v) is 2.90. The van der Waals surface area contributed by atoms with E-state index < -0.39 is 0 Å². The van der Waals surface area contributed by atoms with Crippen molar-refractivity contribution < 1.29 is 19.1 Å². The van der Waals surface area contributed by atoms with Gasteiger partial charge in [-0.1, -0.05) is 19.1 Å². The number of rotatable bonds is 10. The number of hydrogen-bond acceptors (Lipinski definition) is 5. The highest BCUT2D eigenvalue weighted by atomic mass is 16.5. The lowest BCUT2D eigenvalue weighted by Crippen LogP contribution is -2.22. The number of para-hydroxylation sites is 2. The first-order valence-electron chi connectivity index (χ1n) is 10.4. The van der Waals surface area contributed by atoms with Crippen molar-refractivity contribution in [3.05, 3.63) is 78.4 Å². The zero-order valence-corrected chi connectivity index (χ0v) is 18.2. The number of nitrogens with one attached hydrogen (secondary N) is 3. The Labute approximate surface area is 187 Å². The van der Waals surface area contributed by atoms with E-state index in [1.54, 1.807) is 61.7 Å². The molecule has 3 aromatic carbocycles. The van der Waals surface area contributed by atoms with Gasteiger partial charge in [0.2, 0.25) is 5.91 Å². The summed E-state index contributed by atoms with van der Waals surface area (Å²) < 4.78 is 10.8. The molecule has 7 heteroatoms. The van der Waals surface area contributed by atoms with Crippen molar-refractivity contribution in [1.82, 2.24) is 0 Å². The second kappa shape index (κ2) is 11.4. The van der Waals surface area contributed by atoms with Gasteiger partial charge >= 0.3 is 0 Å². The van der Waals surface area contributed by atoms with E-state index >= 15 is 0 Å². The molecule has 0 spiro atoms. The molecule has 0 heterocycles. The molecule has 0 bridgehead atoms. The van der Waals surface area contributed by atoms with Gasteiger partial charge in [0.15, 0.2) is 0 Å². The van der Waals surface area contributed by atoms with E-state index in [2.05, 4.69) is 16.0 Å². The van der Waals surface area contributed by atoms with Crippen LogP contribution in [0.4, 0.5) is 17.1 Å². The molecule has 3 N–H and O–H groups in total. The molecule has 0 aliphatic carbocycles. The Morgan fingerprint density at radius 2 is 1.53 bits per heavy atom. The molecule has 7 nitrogen and oxygen atoms in total. The van der Waals surface area contributed by atoms with Crippen molar-refractivity contribution in [2.45, 2.75) is 13.3 Å². The number of anilines is 3. The highest BCUT2D eigenvalue weighted by Gasteiger charge is 2.09. The minimum absolute atomic E-state index is 0.0828. The maximum absolute atomic E-state index is 12.4. The van der Waals surface area contributed by atoms with Crippen LogP contribution in [0.15, 0.2) is 72.8 Å². The molecule has 0 aliphatic rings. The van der Waals surface area contributed by atoms with E-state index in [9.17, 15) is 9.59 Å². The van der Waals surface area contributed by atoms with Crippen LogP contribution in [0.25, 0.3) is 0 Å². The molecule has 0 aromatic heterocycles. The predicted octanol–water partition coefficient (Wildman–Crippen LogP) is 4.79. The van der Waals surface area contributed by atoms with Gasteiger partial charge < -0.3 is 25.4 Å². The van der Waals surface area contributed by atoms with Crippen LogP contribution in [0.2, 0.25) is 0 Å². The van der Waals surface area contributed by atoms with Gasteiger partial charge in [-0.25, -0.2) is 0 Å². The summed E-state index contributed by atoms with van der Waals surface area (Å²) in [6, 6.07) is 21.4. The molecule has 0 atom stereocenters. The third kappa shape index (κ3) is 6.50. The molecule has 0 saturated heterocycles. The number of hydrogen-bond donors (Lipinski definition) is 3. The standard InChI is InChI=1S/C25H27N3O4/c1-3-16-32-23-7-5-4-6-22(23)28-24(29)17-26-19-10-8-18(9-11-19)25(30)27-20-12-14-21(31-2)15-13-20/h4-15,26H,3,16-17H2,1-2H3,(H,27,30)(H,28,29). The zero-order valence-electron chi connectivity index (χ0n) is 18.2. The van der Waals surface area contributed by atoms with E-state index in [-0.39, 0.29) is 18.4 Å². The Hall–Kier alpha value is -4.00. The summed E-state index contributed by atoms with van der Waals surface area (Å²) in [6.07, 6.45) is 0.887. The van der Waals surface area contributed by atoms with Crippen LogP contribution < -0.4 is 25.4 Å². The Kier molecular flexibility index (Phi) is 8.09. The summed E-state index contributed by atoms with van der Waals surface area (Å²) in [5.41, 5.74) is 2.56. The van der Waals surface area contributed by atoms with E-state index in [4.69, 9.17) is 9.47 Å². The first-order chi connectivity index (χ1) is 15.6. The largest absolute Gasteiger partial charge is 0.497 e. The molecular formula is C25H27N3O4. The lowest BCUT2D eigenvalue weighted by Gasteiger charge is -2.13. The van der Waals surface area contributed by atoms with Crippen LogP contribution in [0.3, 0.4) is 0 Å². The maximum atomic E-state index is 12.4. The van der Waals surface area contributed by atoms with Crippen LogP contribution in [-0.4, -0.2) is 32.1 Å². The molecule has 0 unspecified atom stereocenters. The molecule has 3 rings (SSSR count). The number of methoxy groups -OCH3 is 1. The molecule has 2 amide bonds. The van der Waals surface area contributed by atoms with Crippen molar-refractivity contribution in [1.29, 1.82) is 0 Å².